The molecule has 5 rings (SSSR count). The van der Waals surface area contributed by atoms with E-state index in [4.69, 9.17) is 4.74 Å². The van der Waals surface area contributed by atoms with Gasteiger partial charge in [0.1, 0.15) is 12.4 Å². The maximum atomic E-state index is 11.8. The zero-order chi connectivity index (χ0) is 24.1. The summed E-state index contributed by atoms with van der Waals surface area (Å²) in [5.74, 6) is 0.546. The summed E-state index contributed by atoms with van der Waals surface area (Å²) in [6.45, 7) is 6.48. The highest BCUT2D eigenvalue weighted by atomic mass is 32.2. The fourth-order valence-corrected chi connectivity index (χ4v) is 6.09. The van der Waals surface area contributed by atoms with E-state index in [0.717, 1.165) is 67.9 Å². The predicted molar refractivity (Wildman–Crippen MR) is 128 cm³/mol. The summed E-state index contributed by atoms with van der Waals surface area (Å²) in [6.07, 6.45) is 5.25. The summed E-state index contributed by atoms with van der Waals surface area (Å²) in [5.41, 5.74) is 3.48. The number of carbonyl (C=O) groups is 1. The van der Waals surface area contributed by atoms with Gasteiger partial charge in [-0.2, -0.15) is 0 Å². The lowest BCUT2D eigenvalue weighted by Gasteiger charge is -2.40. The van der Waals surface area contributed by atoms with Gasteiger partial charge in [0.05, 0.1) is 16.6 Å². The molecular formula is C25H31N3O5S. The molecule has 1 aromatic carbocycles. The van der Waals surface area contributed by atoms with Crippen LogP contribution in [0.2, 0.25) is 0 Å². The average molecular weight is 486 g/mol. The predicted octanol–water partition coefficient (Wildman–Crippen LogP) is 2.49. The topological polar surface area (TPSA) is 100 Å². The van der Waals surface area contributed by atoms with Crippen molar-refractivity contribution in [2.45, 2.75) is 43.8 Å². The van der Waals surface area contributed by atoms with Gasteiger partial charge < -0.3 is 19.6 Å². The fraction of sp³-hybridized carbons (Fsp3) is 0.520. The number of carbonyl (C=O) groups excluding carboxylic acids is 1. The van der Waals surface area contributed by atoms with Crippen molar-refractivity contribution in [1.29, 1.82) is 0 Å². The molecule has 0 aliphatic carbocycles. The molecular weight excluding hydrogens is 454 g/mol. The van der Waals surface area contributed by atoms with E-state index in [1.807, 2.05) is 19.1 Å². The number of nitrogens with zero attached hydrogens (tertiary/aromatic N) is 3. The van der Waals surface area contributed by atoms with Gasteiger partial charge in [-0.1, -0.05) is 0 Å². The highest BCUT2D eigenvalue weighted by molar-refractivity contribution is 7.90. The summed E-state index contributed by atoms with van der Waals surface area (Å²) in [7, 11) is -3.24. The summed E-state index contributed by atoms with van der Waals surface area (Å²) in [5, 5.41) is 11.0. The number of pyridine rings is 1. The number of aryl methyl sites for hydroxylation is 1. The molecule has 0 radical (unpaired) electrons. The van der Waals surface area contributed by atoms with Crippen molar-refractivity contribution in [2.24, 2.45) is 5.41 Å². The Morgan fingerprint density at radius 2 is 1.91 bits per heavy atom. The first kappa shape index (κ1) is 23.3. The molecule has 0 amide bonds. The number of aliphatic hydroxyl groups is 1. The van der Waals surface area contributed by atoms with E-state index in [1.54, 1.807) is 12.1 Å². The number of hydrogen-bond donors (Lipinski definition) is 1. The number of esters is 1. The lowest BCUT2D eigenvalue weighted by Crippen LogP contribution is -2.43. The first-order chi connectivity index (χ1) is 16.1. The highest BCUT2D eigenvalue weighted by Gasteiger charge is 2.41. The Morgan fingerprint density at radius 3 is 2.59 bits per heavy atom. The zero-order valence-electron chi connectivity index (χ0n) is 19.7. The Balaban J connectivity index is 1.18. The van der Waals surface area contributed by atoms with Gasteiger partial charge in [-0.25, -0.2) is 18.2 Å². The van der Waals surface area contributed by atoms with Gasteiger partial charge in [0.2, 0.25) is 0 Å². The molecule has 2 fully saturated rings. The number of cyclic esters (lactones) is 1. The Morgan fingerprint density at radius 1 is 1.18 bits per heavy atom. The molecule has 1 atom stereocenters. The molecule has 8 nitrogen and oxygen atoms in total. The van der Waals surface area contributed by atoms with Crippen molar-refractivity contribution in [3.05, 3.63) is 52.7 Å². The van der Waals surface area contributed by atoms with E-state index in [0.29, 0.717) is 12.1 Å². The van der Waals surface area contributed by atoms with Crippen LogP contribution >= 0.6 is 0 Å². The quantitative estimate of drug-likeness (QED) is 0.645. The number of hydrogen-bond acceptors (Lipinski definition) is 8. The van der Waals surface area contributed by atoms with Crippen LogP contribution in [0.5, 0.6) is 0 Å². The van der Waals surface area contributed by atoms with Gasteiger partial charge in [0.15, 0.2) is 9.84 Å². The maximum absolute atomic E-state index is 11.8. The monoisotopic (exact) mass is 485 g/mol. The van der Waals surface area contributed by atoms with E-state index in [9.17, 15) is 18.3 Å². The first-order valence-electron chi connectivity index (χ1n) is 11.8. The minimum atomic E-state index is -3.24. The summed E-state index contributed by atoms with van der Waals surface area (Å²) < 4.78 is 28.5. The van der Waals surface area contributed by atoms with Crippen molar-refractivity contribution < 1.29 is 23.1 Å². The maximum Gasteiger partial charge on any atom is 0.338 e. The lowest BCUT2D eigenvalue weighted by atomic mass is 9.77. The Bertz CT molecular complexity index is 1200. The van der Waals surface area contributed by atoms with Crippen LogP contribution in [0.1, 0.15) is 52.4 Å². The van der Waals surface area contributed by atoms with E-state index in [-0.39, 0.29) is 22.9 Å². The number of rotatable bonds is 5. The van der Waals surface area contributed by atoms with Crippen LogP contribution in [-0.2, 0) is 21.2 Å². The standard InChI is InChI=1S/C25H31N3O5S/c1-17-11-21-18(15-33-24(21)30)12-20(17)22(29)14-27-8-5-25(6-9-27)7-10-28(16-25)23-4-3-19(13-26-23)34(2,31)32/h3-4,11-13,22,29H,5-10,14-16H2,1-2H3. The van der Waals surface area contributed by atoms with E-state index >= 15 is 0 Å². The second-order valence-corrected chi connectivity index (χ2v) is 12.1. The van der Waals surface area contributed by atoms with Crippen molar-refractivity contribution in [3.63, 3.8) is 0 Å². The normalized spacial score (nSPS) is 21.0. The van der Waals surface area contributed by atoms with Crippen LogP contribution in [0.25, 0.3) is 0 Å². The van der Waals surface area contributed by atoms with Crippen LogP contribution in [0.4, 0.5) is 5.82 Å². The third-order valence-corrected chi connectivity index (χ3v) is 8.79. The summed E-state index contributed by atoms with van der Waals surface area (Å²) in [4.78, 5) is 21.0. The van der Waals surface area contributed by atoms with Crippen molar-refractivity contribution in [1.82, 2.24) is 9.88 Å². The molecule has 1 spiro atoms. The minimum Gasteiger partial charge on any atom is -0.457 e. The molecule has 2 saturated heterocycles. The van der Waals surface area contributed by atoms with Crippen molar-refractivity contribution in [2.75, 3.05) is 43.9 Å². The zero-order valence-corrected chi connectivity index (χ0v) is 20.5. The minimum absolute atomic E-state index is 0.236. The van der Waals surface area contributed by atoms with Gasteiger partial charge in [0, 0.05) is 37.7 Å². The molecule has 0 bridgehead atoms. The molecule has 34 heavy (non-hydrogen) atoms. The molecule has 9 heteroatoms. The molecule has 1 unspecified atom stereocenters. The largest absolute Gasteiger partial charge is 0.457 e. The third-order valence-electron chi connectivity index (χ3n) is 7.69. The molecule has 0 saturated carbocycles. The van der Waals surface area contributed by atoms with Crippen LogP contribution in [0.15, 0.2) is 35.4 Å². The number of ether oxygens (including phenoxy) is 1. The number of fused-ring (bicyclic) bond motifs is 1. The Labute approximate surface area is 200 Å². The SMILES string of the molecule is Cc1cc2c(cc1C(O)CN1CCC3(CC1)CCN(c1ccc(S(C)(=O)=O)cn1)C3)COC2=O. The average Bonchev–Trinajstić information content (AvgIpc) is 3.38. The first-order valence-corrected chi connectivity index (χ1v) is 13.6. The Hall–Kier alpha value is -2.49. The number of likely N-dealkylation sites (tertiary alicyclic amines) is 1. The molecule has 3 aliphatic rings. The second kappa shape index (κ2) is 8.62. The van der Waals surface area contributed by atoms with E-state index in [2.05, 4.69) is 14.8 Å². The van der Waals surface area contributed by atoms with Gasteiger partial charge in [0.25, 0.3) is 0 Å². The number of sulfone groups is 1. The van der Waals surface area contributed by atoms with Gasteiger partial charge >= 0.3 is 5.97 Å². The van der Waals surface area contributed by atoms with Gasteiger partial charge in [-0.05, 0) is 80.1 Å². The van der Waals surface area contributed by atoms with E-state index in [1.165, 1.54) is 12.5 Å². The smallest absolute Gasteiger partial charge is 0.338 e. The number of β-amino-alcohol motifs (C(OH)–C–C–N with tert-alkyl or cyclic N) is 1. The number of benzene rings is 1. The van der Waals surface area contributed by atoms with Gasteiger partial charge in [-0.3, -0.25) is 0 Å². The van der Waals surface area contributed by atoms with Gasteiger partial charge in [-0.15, -0.1) is 0 Å². The number of piperidine rings is 1. The number of anilines is 1. The van der Waals surface area contributed by atoms with Crippen LogP contribution in [-0.4, -0.2) is 68.4 Å². The molecule has 1 aromatic heterocycles. The fourth-order valence-electron chi connectivity index (χ4n) is 5.53. The molecule has 2 aromatic rings. The summed E-state index contributed by atoms with van der Waals surface area (Å²) >= 11 is 0. The number of aromatic nitrogens is 1. The van der Waals surface area contributed by atoms with Crippen LogP contribution in [0.3, 0.4) is 0 Å². The van der Waals surface area contributed by atoms with Crippen molar-refractivity contribution in [3.8, 4) is 0 Å². The summed E-state index contributed by atoms with van der Waals surface area (Å²) in [6, 6.07) is 7.19. The highest BCUT2D eigenvalue weighted by Crippen LogP contribution is 2.42. The number of aliphatic hydroxyl groups excluding tert-OH is 1. The van der Waals surface area contributed by atoms with E-state index < -0.39 is 15.9 Å². The lowest BCUT2D eigenvalue weighted by molar-refractivity contribution is 0.0535. The van der Waals surface area contributed by atoms with Crippen LogP contribution < -0.4 is 4.90 Å². The molecule has 4 heterocycles. The van der Waals surface area contributed by atoms with Crippen LogP contribution in [0, 0.1) is 12.3 Å². The molecule has 3 aliphatic heterocycles. The molecule has 1 N–H and O–H groups in total. The Kier molecular flexibility index (Phi) is 5.90. The van der Waals surface area contributed by atoms with Crippen molar-refractivity contribution >= 4 is 21.6 Å². The third kappa shape index (κ3) is 4.44. The second-order valence-electron chi connectivity index (χ2n) is 10.1. The molecule has 182 valence electrons.